The molecule has 0 saturated carbocycles. The summed E-state index contributed by atoms with van der Waals surface area (Å²) in [6.45, 7) is 2.26. The second-order valence-corrected chi connectivity index (χ2v) is 1.50. The maximum absolute atomic E-state index is 10.5. The Labute approximate surface area is 49.6 Å². The fourth-order valence-electron chi connectivity index (χ4n) is 0.419. The predicted octanol–water partition coefficient (Wildman–Crippen LogP) is 0.351. The van der Waals surface area contributed by atoms with Gasteiger partial charge in [-0.05, 0) is 20.0 Å². The van der Waals surface area contributed by atoms with Gasteiger partial charge < -0.3 is 5.32 Å². The van der Waals surface area contributed by atoms with E-state index in [9.17, 15) is 4.79 Å². The van der Waals surface area contributed by atoms with Crippen molar-refractivity contribution in [2.75, 3.05) is 13.6 Å². The molecular weight excluding hydrogens is 102 g/mol. The second kappa shape index (κ2) is 4.53. The summed E-state index contributed by atoms with van der Waals surface area (Å²) in [6.07, 6.45) is 3.29. The third-order valence-corrected chi connectivity index (χ3v) is 0.704. The molecule has 0 aromatic carbocycles. The van der Waals surface area contributed by atoms with Gasteiger partial charge in [-0.15, -0.1) is 0 Å². The summed E-state index contributed by atoms with van der Waals surface area (Å²) in [5, 5.41) is 2.75. The lowest BCUT2D eigenvalue weighted by atomic mass is 10.3. The van der Waals surface area contributed by atoms with E-state index in [2.05, 4.69) is 5.32 Å². The Morgan fingerprint density at radius 2 is 2.38 bits per heavy atom. The van der Waals surface area contributed by atoms with E-state index in [0.29, 0.717) is 6.54 Å². The zero-order valence-electron chi connectivity index (χ0n) is 5.27. The van der Waals surface area contributed by atoms with Crippen molar-refractivity contribution in [1.82, 2.24) is 5.32 Å². The number of nitrogens with one attached hydrogen (secondary N) is 1. The minimum Gasteiger partial charge on any atom is -0.313 e. The van der Waals surface area contributed by atoms with Crippen LogP contribution in [-0.2, 0) is 4.79 Å². The molecule has 0 bridgehead atoms. The Kier molecular flexibility index (Phi) is 4.17. The standard InChI is InChI=1S/C6H11NO/c1-3-4-6(8)5-7-2/h3-4,7H,5H2,1-2H3/b4-3-. The summed E-state index contributed by atoms with van der Waals surface area (Å²) in [6, 6.07) is 0. The van der Waals surface area contributed by atoms with E-state index in [-0.39, 0.29) is 5.78 Å². The molecule has 0 fully saturated rings. The van der Waals surface area contributed by atoms with Crippen LogP contribution in [0, 0.1) is 0 Å². The molecule has 0 aromatic heterocycles. The first-order valence-electron chi connectivity index (χ1n) is 2.61. The van der Waals surface area contributed by atoms with Crippen LogP contribution in [0.1, 0.15) is 6.92 Å². The van der Waals surface area contributed by atoms with Gasteiger partial charge in [0.1, 0.15) is 0 Å². The molecule has 0 aliphatic rings. The highest BCUT2D eigenvalue weighted by molar-refractivity contribution is 5.91. The van der Waals surface area contributed by atoms with Crippen molar-refractivity contribution in [2.24, 2.45) is 0 Å². The maximum Gasteiger partial charge on any atom is 0.169 e. The molecule has 8 heavy (non-hydrogen) atoms. The molecule has 0 radical (unpaired) electrons. The van der Waals surface area contributed by atoms with Crippen molar-refractivity contribution in [3.63, 3.8) is 0 Å². The highest BCUT2D eigenvalue weighted by Crippen LogP contribution is 1.71. The van der Waals surface area contributed by atoms with E-state index in [1.54, 1.807) is 19.2 Å². The van der Waals surface area contributed by atoms with E-state index >= 15 is 0 Å². The van der Waals surface area contributed by atoms with Crippen molar-refractivity contribution in [1.29, 1.82) is 0 Å². The highest BCUT2D eigenvalue weighted by atomic mass is 16.1. The smallest absolute Gasteiger partial charge is 0.169 e. The second-order valence-electron chi connectivity index (χ2n) is 1.50. The van der Waals surface area contributed by atoms with Crippen LogP contribution in [-0.4, -0.2) is 19.4 Å². The van der Waals surface area contributed by atoms with E-state index in [0.717, 1.165) is 0 Å². The van der Waals surface area contributed by atoms with E-state index < -0.39 is 0 Å². The molecule has 46 valence electrons. The Morgan fingerprint density at radius 1 is 1.75 bits per heavy atom. The number of allylic oxidation sites excluding steroid dienone is 1. The summed E-state index contributed by atoms with van der Waals surface area (Å²) in [5.74, 6) is 0.120. The Morgan fingerprint density at radius 3 is 2.75 bits per heavy atom. The first-order chi connectivity index (χ1) is 3.81. The van der Waals surface area contributed by atoms with Gasteiger partial charge >= 0.3 is 0 Å². The zero-order valence-corrected chi connectivity index (χ0v) is 5.27. The van der Waals surface area contributed by atoms with Crippen LogP contribution in [0.2, 0.25) is 0 Å². The van der Waals surface area contributed by atoms with Crippen LogP contribution in [0.3, 0.4) is 0 Å². The summed E-state index contributed by atoms with van der Waals surface area (Å²) < 4.78 is 0. The normalized spacial score (nSPS) is 10.2. The lowest BCUT2D eigenvalue weighted by Gasteiger charge is -1.88. The monoisotopic (exact) mass is 113 g/mol. The van der Waals surface area contributed by atoms with Gasteiger partial charge in [-0.2, -0.15) is 0 Å². The summed E-state index contributed by atoms with van der Waals surface area (Å²) >= 11 is 0. The average molecular weight is 113 g/mol. The Balaban J connectivity index is 3.33. The molecule has 2 heteroatoms. The molecule has 0 aliphatic heterocycles. The molecule has 0 amide bonds. The summed E-state index contributed by atoms with van der Waals surface area (Å²) in [5.41, 5.74) is 0. The van der Waals surface area contributed by atoms with E-state index in [1.807, 2.05) is 6.92 Å². The van der Waals surface area contributed by atoms with Gasteiger partial charge in [-0.1, -0.05) is 6.08 Å². The number of likely N-dealkylation sites (N-methyl/N-ethyl adjacent to an activating group) is 1. The van der Waals surface area contributed by atoms with Gasteiger partial charge in [0.2, 0.25) is 0 Å². The molecule has 1 N–H and O–H groups in total. The van der Waals surface area contributed by atoms with Crippen LogP contribution >= 0.6 is 0 Å². The number of ketones is 1. The molecule has 0 saturated heterocycles. The molecule has 0 spiro atoms. The van der Waals surface area contributed by atoms with Crippen molar-refractivity contribution < 1.29 is 4.79 Å². The first kappa shape index (κ1) is 7.37. The number of carbonyl (C=O) groups is 1. The zero-order chi connectivity index (χ0) is 6.41. The molecule has 0 aliphatic carbocycles. The van der Waals surface area contributed by atoms with E-state index in [4.69, 9.17) is 0 Å². The Bertz CT molecular complexity index is 96.7. The van der Waals surface area contributed by atoms with Gasteiger partial charge in [0.05, 0.1) is 6.54 Å². The van der Waals surface area contributed by atoms with Gasteiger partial charge in [-0.3, -0.25) is 4.79 Å². The fourth-order valence-corrected chi connectivity index (χ4v) is 0.419. The minimum atomic E-state index is 0.120. The van der Waals surface area contributed by atoms with Crippen molar-refractivity contribution in [3.05, 3.63) is 12.2 Å². The van der Waals surface area contributed by atoms with Crippen molar-refractivity contribution in [3.8, 4) is 0 Å². The number of hydrogen-bond donors (Lipinski definition) is 1. The quantitative estimate of drug-likeness (QED) is 0.535. The number of hydrogen-bond acceptors (Lipinski definition) is 2. The molecule has 0 atom stereocenters. The largest absolute Gasteiger partial charge is 0.313 e. The number of carbonyl (C=O) groups excluding carboxylic acids is 1. The van der Waals surface area contributed by atoms with Crippen LogP contribution in [0.5, 0.6) is 0 Å². The Hall–Kier alpha value is -0.630. The first-order valence-corrected chi connectivity index (χ1v) is 2.61. The van der Waals surface area contributed by atoms with Crippen LogP contribution in [0.15, 0.2) is 12.2 Å². The van der Waals surface area contributed by atoms with Gasteiger partial charge in [0.15, 0.2) is 5.78 Å². The summed E-state index contributed by atoms with van der Waals surface area (Å²) in [7, 11) is 1.75. The molecule has 0 rings (SSSR count). The lowest BCUT2D eigenvalue weighted by Crippen LogP contribution is -2.15. The van der Waals surface area contributed by atoms with Gasteiger partial charge in [0, 0.05) is 0 Å². The van der Waals surface area contributed by atoms with Crippen LogP contribution < -0.4 is 5.32 Å². The maximum atomic E-state index is 10.5. The molecule has 0 unspecified atom stereocenters. The minimum absolute atomic E-state index is 0.120. The van der Waals surface area contributed by atoms with E-state index in [1.165, 1.54) is 0 Å². The van der Waals surface area contributed by atoms with Crippen molar-refractivity contribution in [2.45, 2.75) is 6.92 Å². The third kappa shape index (κ3) is 3.56. The van der Waals surface area contributed by atoms with Crippen molar-refractivity contribution >= 4 is 5.78 Å². The van der Waals surface area contributed by atoms with Crippen LogP contribution in [0.25, 0.3) is 0 Å². The highest BCUT2D eigenvalue weighted by Gasteiger charge is 1.88. The molecule has 0 aromatic rings. The number of rotatable bonds is 3. The predicted molar refractivity (Wildman–Crippen MR) is 33.7 cm³/mol. The molecule has 2 nitrogen and oxygen atoms in total. The SMILES string of the molecule is C/C=C\C(=O)CNC. The topological polar surface area (TPSA) is 29.1 Å². The fraction of sp³-hybridized carbons (Fsp3) is 0.500. The van der Waals surface area contributed by atoms with Gasteiger partial charge in [-0.25, -0.2) is 0 Å². The third-order valence-electron chi connectivity index (χ3n) is 0.704. The summed E-state index contributed by atoms with van der Waals surface area (Å²) in [4.78, 5) is 10.5. The molecule has 0 heterocycles. The van der Waals surface area contributed by atoms with Crippen LogP contribution in [0.4, 0.5) is 0 Å². The molecular formula is C6H11NO. The lowest BCUT2D eigenvalue weighted by molar-refractivity contribution is -0.113. The van der Waals surface area contributed by atoms with Gasteiger partial charge in [0.25, 0.3) is 0 Å². The average Bonchev–Trinajstić information content (AvgIpc) is 1.68.